The molecule has 1 nitrogen and oxygen atoms in total. The van der Waals surface area contributed by atoms with Gasteiger partial charge in [-0.1, -0.05) is 0 Å². The highest BCUT2D eigenvalue weighted by atomic mass is 32.2. The number of hydrogen-bond acceptors (Lipinski definition) is 1. The molecule has 0 aliphatic heterocycles. The van der Waals surface area contributed by atoms with Crippen LogP contribution in [0.4, 0.5) is 12.2 Å². The molecular formula is C2HF3OS. The molecular weight excluding hydrogens is 129 g/mol. The summed E-state index contributed by atoms with van der Waals surface area (Å²) in [5.41, 5.74) is 0. The summed E-state index contributed by atoms with van der Waals surface area (Å²) in [6.45, 7) is 0. The minimum absolute atomic E-state index is 0.278. The van der Waals surface area contributed by atoms with Crippen molar-refractivity contribution in [3.8, 4) is 0 Å². The van der Waals surface area contributed by atoms with Gasteiger partial charge in [-0.05, 0) is 0 Å². The Kier molecular flexibility index (Phi) is 2.66. The Morgan fingerprint density at radius 2 is 2.00 bits per heavy atom. The second kappa shape index (κ2) is 2.79. The van der Waals surface area contributed by atoms with E-state index < -0.39 is 17.3 Å². The number of halogens is 3. The molecule has 7 heavy (non-hydrogen) atoms. The molecule has 0 unspecified atom stereocenters. The molecule has 0 fully saturated rings. The standard InChI is InChI=1S/C2HF3OS/c3-2(6)1-7(4)5/h1H. The number of carbonyl (C=O) groups is 1. The molecule has 0 aromatic heterocycles. The van der Waals surface area contributed by atoms with E-state index in [0.717, 1.165) is 0 Å². The van der Waals surface area contributed by atoms with E-state index in [1.54, 1.807) is 0 Å². The third kappa shape index (κ3) is 5.68. The summed E-state index contributed by atoms with van der Waals surface area (Å²) in [6.07, 6.45) is 0. The van der Waals surface area contributed by atoms with Crippen LogP contribution >= 0.6 is 11.3 Å². The monoisotopic (exact) mass is 130 g/mol. The molecule has 5 heteroatoms. The molecule has 0 bridgehead atoms. The Hall–Kier alpha value is -0.320. The summed E-state index contributed by atoms with van der Waals surface area (Å²) < 4.78 is 32.4. The smallest absolute Gasteiger partial charge is 0.255 e. The molecule has 0 rings (SSSR count). The summed E-state index contributed by atoms with van der Waals surface area (Å²) in [5.74, 6) is 0. The Bertz CT molecular complexity index is 106. The fraction of sp³-hybridized carbons (Fsp3) is 0. The lowest BCUT2D eigenvalue weighted by atomic mass is 10.9. The summed E-state index contributed by atoms with van der Waals surface area (Å²) in [5, 5.41) is -0.278. The van der Waals surface area contributed by atoms with Gasteiger partial charge in [0.25, 0.3) is 0 Å². The van der Waals surface area contributed by atoms with E-state index in [4.69, 9.17) is 4.79 Å². The minimum atomic E-state index is -3.20. The summed E-state index contributed by atoms with van der Waals surface area (Å²) >= 11 is -3.20. The van der Waals surface area contributed by atoms with Gasteiger partial charge < -0.3 is 0 Å². The van der Waals surface area contributed by atoms with Gasteiger partial charge >= 0.3 is 6.04 Å². The average molecular weight is 130 g/mol. The molecule has 0 N–H and O–H groups in total. The molecule has 0 aliphatic rings. The first-order valence-electron chi connectivity index (χ1n) is 1.23. The van der Waals surface area contributed by atoms with E-state index in [0.29, 0.717) is 0 Å². The summed E-state index contributed by atoms with van der Waals surface area (Å²) in [7, 11) is 0. The number of hydrogen-bond donors (Lipinski definition) is 0. The van der Waals surface area contributed by atoms with Crippen LogP contribution in [0.1, 0.15) is 0 Å². The molecule has 0 atom stereocenters. The maximum absolute atomic E-state index is 10.8. The molecule has 0 spiro atoms. The van der Waals surface area contributed by atoms with Gasteiger partial charge in [0, 0.05) is 0 Å². The maximum Gasteiger partial charge on any atom is 0.335 e. The lowest BCUT2D eigenvalue weighted by molar-refractivity contribution is -0.121. The summed E-state index contributed by atoms with van der Waals surface area (Å²) in [4.78, 5) is 9.06. The van der Waals surface area contributed by atoms with E-state index in [-0.39, 0.29) is 5.37 Å². The van der Waals surface area contributed by atoms with Crippen LogP contribution in [0.15, 0.2) is 0 Å². The third-order valence-corrected chi connectivity index (χ3v) is 0.545. The molecule has 0 aromatic rings. The predicted octanol–water partition coefficient (Wildman–Crippen LogP) is 1.32. The number of carbonyl (C=O) groups excluding carboxylic acids is 1. The second-order valence-corrected chi connectivity index (χ2v) is 1.37. The SMILES string of the molecule is O=C(F)C=S(F)F. The van der Waals surface area contributed by atoms with Crippen molar-refractivity contribution in [3.63, 3.8) is 0 Å². The van der Waals surface area contributed by atoms with Crippen LogP contribution in [0.5, 0.6) is 0 Å². The molecule has 0 saturated heterocycles. The largest absolute Gasteiger partial charge is 0.335 e. The first-order chi connectivity index (χ1) is 3.13. The zero-order chi connectivity index (χ0) is 5.86. The first-order valence-corrected chi connectivity index (χ1v) is 2.31. The fourth-order valence-corrected chi connectivity index (χ4v) is 0.210. The van der Waals surface area contributed by atoms with Gasteiger partial charge in [-0.15, -0.1) is 7.77 Å². The summed E-state index contributed by atoms with van der Waals surface area (Å²) in [6, 6.07) is -2.08. The predicted molar refractivity (Wildman–Crippen MR) is 22.0 cm³/mol. The Labute approximate surface area is 40.6 Å². The van der Waals surface area contributed by atoms with Gasteiger partial charge in [0.15, 0.2) is 11.3 Å². The van der Waals surface area contributed by atoms with Crippen LogP contribution in [-0.4, -0.2) is 11.4 Å². The normalized spacial score (nSPS) is 9.14. The van der Waals surface area contributed by atoms with Crippen molar-refractivity contribution < 1.29 is 17.0 Å². The first kappa shape index (κ1) is 6.68. The van der Waals surface area contributed by atoms with Gasteiger partial charge in [-0.25, -0.2) is 0 Å². The van der Waals surface area contributed by atoms with Gasteiger partial charge in [-0.2, -0.15) is 4.39 Å². The highest BCUT2D eigenvalue weighted by molar-refractivity contribution is 8.06. The van der Waals surface area contributed by atoms with Gasteiger partial charge in [-0.3, -0.25) is 4.79 Å². The van der Waals surface area contributed by atoms with Crippen LogP contribution in [0.3, 0.4) is 0 Å². The van der Waals surface area contributed by atoms with Gasteiger partial charge in [0.2, 0.25) is 0 Å². The molecule has 0 amide bonds. The van der Waals surface area contributed by atoms with Crippen molar-refractivity contribution in [2.45, 2.75) is 0 Å². The van der Waals surface area contributed by atoms with Crippen molar-refractivity contribution in [1.29, 1.82) is 0 Å². The molecule has 0 radical (unpaired) electrons. The third-order valence-electron chi connectivity index (χ3n) is 0.182. The van der Waals surface area contributed by atoms with Gasteiger partial charge in [0.1, 0.15) is 5.37 Å². The van der Waals surface area contributed by atoms with Crippen LogP contribution in [-0.2, 0) is 4.79 Å². The number of rotatable bonds is 1. The topological polar surface area (TPSA) is 17.1 Å². The minimum Gasteiger partial charge on any atom is -0.255 e. The van der Waals surface area contributed by atoms with Crippen LogP contribution in [0, 0.1) is 0 Å². The van der Waals surface area contributed by atoms with Crippen molar-refractivity contribution in [3.05, 3.63) is 0 Å². The van der Waals surface area contributed by atoms with Crippen molar-refractivity contribution in [2.75, 3.05) is 0 Å². The van der Waals surface area contributed by atoms with E-state index >= 15 is 0 Å². The molecule has 0 aromatic carbocycles. The van der Waals surface area contributed by atoms with Crippen LogP contribution in [0.25, 0.3) is 0 Å². The quantitative estimate of drug-likeness (QED) is 0.386. The van der Waals surface area contributed by atoms with Crippen molar-refractivity contribution in [1.82, 2.24) is 0 Å². The van der Waals surface area contributed by atoms with E-state index in [1.807, 2.05) is 0 Å². The van der Waals surface area contributed by atoms with Crippen molar-refractivity contribution >= 4 is 22.7 Å². The maximum atomic E-state index is 10.8. The Morgan fingerprint density at radius 3 is 2.00 bits per heavy atom. The lowest BCUT2D eigenvalue weighted by Crippen LogP contribution is -1.83. The van der Waals surface area contributed by atoms with Crippen LogP contribution in [0.2, 0.25) is 0 Å². The second-order valence-electron chi connectivity index (χ2n) is 0.658. The zero-order valence-electron chi connectivity index (χ0n) is 3.03. The van der Waals surface area contributed by atoms with E-state index in [9.17, 15) is 12.2 Å². The highest BCUT2D eigenvalue weighted by Crippen LogP contribution is 2.12. The van der Waals surface area contributed by atoms with Crippen LogP contribution < -0.4 is 0 Å². The fourth-order valence-electron chi connectivity index (χ4n) is 0.0700. The Balaban J connectivity index is 3.68. The average Bonchev–Trinajstić information content (AvgIpc) is 1.27. The lowest BCUT2D eigenvalue weighted by Gasteiger charge is -1.70. The van der Waals surface area contributed by atoms with E-state index in [2.05, 4.69) is 0 Å². The van der Waals surface area contributed by atoms with E-state index in [1.165, 1.54) is 0 Å². The molecule has 0 saturated carbocycles. The highest BCUT2D eigenvalue weighted by Gasteiger charge is 1.92. The van der Waals surface area contributed by atoms with Crippen molar-refractivity contribution in [2.24, 2.45) is 0 Å². The molecule has 0 heterocycles. The zero-order valence-corrected chi connectivity index (χ0v) is 3.84. The molecule has 0 aliphatic carbocycles. The van der Waals surface area contributed by atoms with Gasteiger partial charge in [0.05, 0.1) is 0 Å². The molecule has 42 valence electrons. The Morgan fingerprint density at radius 1 is 1.57 bits per heavy atom.